The van der Waals surface area contributed by atoms with E-state index < -0.39 is 0 Å². The molecule has 1 aromatic rings. The van der Waals surface area contributed by atoms with E-state index in [0.29, 0.717) is 16.5 Å². The molecule has 1 atom stereocenters. The molecule has 15 heavy (non-hydrogen) atoms. The lowest BCUT2D eigenvalue weighted by Gasteiger charge is -2.13. The van der Waals surface area contributed by atoms with E-state index in [0.717, 1.165) is 0 Å². The van der Waals surface area contributed by atoms with Crippen molar-refractivity contribution >= 4 is 29.0 Å². The van der Waals surface area contributed by atoms with Crippen LogP contribution in [0, 0.1) is 0 Å². The normalized spacial score (nSPS) is 12.1. The number of amides is 1. The number of halogens is 1. The van der Waals surface area contributed by atoms with Crippen LogP contribution in [0.15, 0.2) is 12.3 Å². The summed E-state index contributed by atoms with van der Waals surface area (Å²) in [6.45, 7) is 1.82. The molecule has 1 heterocycles. The summed E-state index contributed by atoms with van der Waals surface area (Å²) in [6, 6.07) is 1.48. The third-order valence-electron chi connectivity index (χ3n) is 1.75. The fourth-order valence-electron chi connectivity index (χ4n) is 1.15. The maximum atomic E-state index is 10.6. The minimum atomic E-state index is -0.374. The summed E-state index contributed by atoms with van der Waals surface area (Å²) >= 11 is 5.89. The molecule has 1 unspecified atom stereocenters. The van der Waals surface area contributed by atoms with Crippen LogP contribution in [0.2, 0.25) is 5.02 Å². The molecule has 1 aromatic heterocycles. The molecule has 0 spiro atoms. The van der Waals surface area contributed by atoms with Crippen LogP contribution in [0.25, 0.3) is 0 Å². The molecule has 5 N–H and O–H groups in total. The minimum absolute atomic E-state index is 0.115. The maximum absolute atomic E-state index is 10.6. The topological polar surface area (TPSA) is 94.0 Å². The van der Waals surface area contributed by atoms with Crippen molar-refractivity contribution in [2.75, 3.05) is 11.1 Å². The van der Waals surface area contributed by atoms with Crippen LogP contribution in [0.5, 0.6) is 0 Å². The number of anilines is 2. The number of rotatable bonds is 4. The Morgan fingerprint density at radius 2 is 2.40 bits per heavy atom. The molecule has 82 valence electrons. The predicted octanol–water partition coefficient (Wildman–Crippen LogP) is 0.993. The predicted molar refractivity (Wildman–Crippen MR) is 60.6 cm³/mol. The second-order valence-electron chi connectivity index (χ2n) is 3.31. The van der Waals surface area contributed by atoms with Gasteiger partial charge in [0.25, 0.3) is 0 Å². The third kappa shape index (κ3) is 3.63. The van der Waals surface area contributed by atoms with Gasteiger partial charge in [-0.1, -0.05) is 11.6 Å². The van der Waals surface area contributed by atoms with E-state index in [1.165, 1.54) is 6.20 Å². The van der Waals surface area contributed by atoms with Crippen molar-refractivity contribution in [1.82, 2.24) is 4.98 Å². The first-order chi connectivity index (χ1) is 6.99. The van der Waals surface area contributed by atoms with Crippen LogP contribution in [-0.2, 0) is 4.79 Å². The van der Waals surface area contributed by atoms with Crippen LogP contribution in [-0.4, -0.2) is 16.9 Å². The Kier molecular flexibility index (Phi) is 3.74. The van der Waals surface area contributed by atoms with Gasteiger partial charge in [-0.2, -0.15) is 0 Å². The van der Waals surface area contributed by atoms with E-state index in [1.807, 2.05) is 6.92 Å². The van der Waals surface area contributed by atoms with Crippen LogP contribution in [0.4, 0.5) is 11.5 Å². The number of carbonyl (C=O) groups excluding carboxylic acids is 1. The van der Waals surface area contributed by atoms with Gasteiger partial charge in [0.1, 0.15) is 5.82 Å². The van der Waals surface area contributed by atoms with Gasteiger partial charge in [-0.15, -0.1) is 0 Å². The van der Waals surface area contributed by atoms with Gasteiger partial charge < -0.3 is 16.8 Å². The van der Waals surface area contributed by atoms with Gasteiger partial charge in [0.2, 0.25) is 5.91 Å². The van der Waals surface area contributed by atoms with Gasteiger partial charge >= 0.3 is 0 Å². The minimum Gasteiger partial charge on any atom is -0.397 e. The first-order valence-corrected chi connectivity index (χ1v) is 4.82. The summed E-state index contributed by atoms with van der Waals surface area (Å²) in [6.07, 6.45) is 1.72. The molecular weight excluding hydrogens is 216 g/mol. The molecule has 0 bridgehead atoms. The molecule has 0 saturated carbocycles. The third-order valence-corrected chi connectivity index (χ3v) is 2.04. The number of primary amides is 1. The molecule has 6 heteroatoms. The van der Waals surface area contributed by atoms with Gasteiger partial charge in [-0.05, 0) is 13.0 Å². The van der Waals surface area contributed by atoms with Crippen LogP contribution < -0.4 is 16.8 Å². The highest BCUT2D eigenvalue weighted by atomic mass is 35.5. The Morgan fingerprint density at radius 3 is 2.93 bits per heavy atom. The molecule has 0 aliphatic carbocycles. The van der Waals surface area contributed by atoms with Gasteiger partial charge in [0.05, 0.1) is 16.9 Å². The fourth-order valence-corrected chi connectivity index (χ4v) is 1.37. The zero-order valence-corrected chi connectivity index (χ0v) is 9.08. The van der Waals surface area contributed by atoms with Crippen molar-refractivity contribution in [1.29, 1.82) is 0 Å². The van der Waals surface area contributed by atoms with Gasteiger partial charge in [0.15, 0.2) is 0 Å². The molecule has 0 aromatic carbocycles. The van der Waals surface area contributed by atoms with Gasteiger partial charge in [-0.3, -0.25) is 4.79 Å². The SMILES string of the molecule is CC(CC(N)=O)Nc1ncc(N)cc1Cl. The number of aromatic nitrogens is 1. The number of pyridine rings is 1. The first kappa shape index (κ1) is 11.6. The Balaban J connectivity index is 2.68. The molecule has 0 aliphatic rings. The highest BCUT2D eigenvalue weighted by Crippen LogP contribution is 2.21. The molecular formula is C9H13ClN4O. The quantitative estimate of drug-likeness (QED) is 0.717. The number of nitrogens with two attached hydrogens (primary N) is 2. The largest absolute Gasteiger partial charge is 0.397 e. The average Bonchev–Trinajstić information content (AvgIpc) is 2.08. The maximum Gasteiger partial charge on any atom is 0.219 e. The second kappa shape index (κ2) is 4.84. The lowest BCUT2D eigenvalue weighted by Crippen LogP contribution is -2.24. The lowest BCUT2D eigenvalue weighted by atomic mass is 10.2. The average molecular weight is 229 g/mol. The summed E-state index contributed by atoms with van der Waals surface area (Å²) in [5, 5.41) is 3.39. The zero-order valence-electron chi connectivity index (χ0n) is 8.33. The highest BCUT2D eigenvalue weighted by molar-refractivity contribution is 6.33. The van der Waals surface area contributed by atoms with Crippen molar-refractivity contribution < 1.29 is 4.79 Å². The smallest absolute Gasteiger partial charge is 0.219 e. The molecule has 0 saturated heterocycles. The number of hydrogen-bond acceptors (Lipinski definition) is 4. The van der Waals surface area contributed by atoms with E-state index >= 15 is 0 Å². The number of nitrogens with zero attached hydrogens (tertiary/aromatic N) is 1. The molecule has 1 amide bonds. The number of nitrogen functional groups attached to an aromatic ring is 1. The highest BCUT2D eigenvalue weighted by Gasteiger charge is 2.09. The number of hydrogen-bond donors (Lipinski definition) is 3. The Morgan fingerprint density at radius 1 is 1.73 bits per heavy atom. The van der Waals surface area contributed by atoms with Crippen molar-refractivity contribution in [3.8, 4) is 0 Å². The first-order valence-electron chi connectivity index (χ1n) is 4.45. The van der Waals surface area contributed by atoms with E-state index in [4.69, 9.17) is 23.1 Å². The molecule has 0 radical (unpaired) electrons. The summed E-state index contributed by atoms with van der Waals surface area (Å²) in [4.78, 5) is 14.7. The van der Waals surface area contributed by atoms with E-state index in [2.05, 4.69) is 10.3 Å². The second-order valence-corrected chi connectivity index (χ2v) is 3.72. The fraction of sp³-hybridized carbons (Fsp3) is 0.333. The van der Waals surface area contributed by atoms with Gasteiger partial charge in [0, 0.05) is 12.5 Å². The van der Waals surface area contributed by atoms with Crippen molar-refractivity contribution in [3.63, 3.8) is 0 Å². The van der Waals surface area contributed by atoms with E-state index in [1.54, 1.807) is 6.07 Å². The summed E-state index contributed by atoms with van der Waals surface area (Å²) in [5.74, 6) is 0.126. The summed E-state index contributed by atoms with van der Waals surface area (Å²) < 4.78 is 0. The van der Waals surface area contributed by atoms with Crippen LogP contribution in [0.3, 0.4) is 0 Å². The Labute approximate surface area is 92.8 Å². The Bertz CT molecular complexity index is 369. The molecule has 1 rings (SSSR count). The standard InChI is InChI=1S/C9H13ClN4O/c1-5(2-8(12)15)14-9-7(10)3-6(11)4-13-9/h3-5H,2,11H2,1H3,(H2,12,15)(H,13,14). The lowest BCUT2D eigenvalue weighted by molar-refractivity contribution is -0.118. The summed E-state index contributed by atoms with van der Waals surface area (Å²) in [7, 11) is 0. The number of nitrogens with one attached hydrogen (secondary N) is 1. The van der Waals surface area contributed by atoms with E-state index in [-0.39, 0.29) is 18.4 Å². The van der Waals surface area contributed by atoms with Gasteiger partial charge in [-0.25, -0.2) is 4.98 Å². The van der Waals surface area contributed by atoms with Crippen molar-refractivity contribution in [3.05, 3.63) is 17.3 Å². The van der Waals surface area contributed by atoms with Crippen LogP contribution >= 0.6 is 11.6 Å². The number of carbonyl (C=O) groups is 1. The van der Waals surface area contributed by atoms with Crippen LogP contribution in [0.1, 0.15) is 13.3 Å². The zero-order chi connectivity index (χ0) is 11.4. The summed E-state index contributed by atoms with van der Waals surface area (Å²) in [5.41, 5.74) is 11.0. The monoisotopic (exact) mass is 228 g/mol. The Hall–Kier alpha value is -1.49. The van der Waals surface area contributed by atoms with E-state index in [9.17, 15) is 4.79 Å². The molecule has 0 aliphatic heterocycles. The van der Waals surface area contributed by atoms with Crippen molar-refractivity contribution in [2.45, 2.75) is 19.4 Å². The molecule has 0 fully saturated rings. The molecule has 5 nitrogen and oxygen atoms in total. The van der Waals surface area contributed by atoms with Crippen molar-refractivity contribution in [2.24, 2.45) is 5.73 Å².